The van der Waals surface area contributed by atoms with Crippen LogP contribution >= 0.6 is 0 Å². The summed E-state index contributed by atoms with van der Waals surface area (Å²) in [5.41, 5.74) is -0.160. The molecule has 82 valence electrons. The largest absolute Gasteiger partial charge is 0.323 e. The van der Waals surface area contributed by atoms with Crippen molar-refractivity contribution in [1.29, 1.82) is 0 Å². The summed E-state index contributed by atoms with van der Waals surface area (Å²) in [6, 6.07) is -0.0334. The Morgan fingerprint density at radius 2 is 2.14 bits per heavy atom. The average molecular weight is 198 g/mol. The van der Waals surface area contributed by atoms with Crippen LogP contribution in [0.3, 0.4) is 0 Å². The SMILES string of the molecule is CCCN1C(=O)C(C)NC1(C)C(C)C. The zero-order chi connectivity index (χ0) is 10.9. The number of nitrogens with one attached hydrogen (secondary N) is 1. The molecule has 0 aromatic heterocycles. The van der Waals surface area contributed by atoms with Crippen LogP contribution in [0, 0.1) is 5.92 Å². The van der Waals surface area contributed by atoms with Crippen molar-refractivity contribution in [2.75, 3.05) is 6.54 Å². The van der Waals surface area contributed by atoms with Crippen LogP contribution < -0.4 is 5.32 Å². The number of nitrogens with zero attached hydrogens (tertiary/aromatic N) is 1. The average Bonchev–Trinajstić information content (AvgIpc) is 2.31. The maximum absolute atomic E-state index is 11.9. The normalized spacial score (nSPS) is 33.1. The summed E-state index contributed by atoms with van der Waals surface area (Å²) in [4.78, 5) is 13.9. The lowest BCUT2D eigenvalue weighted by Crippen LogP contribution is -2.54. The van der Waals surface area contributed by atoms with Gasteiger partial charge in [0.1, 0.15) is 0 Å². The first kappa shape index (κ1) is 11.5. The molecule has 1 aliphatic heterocycles. The van der Waals surface area contributed by atoms with Gasteiger partial charge >= 0.3 is 0 Å². The van der Waals surface area contributed by atoms with E-state index in [1.807, 2.05) is 11.8 Å². The fourth-order valence-corrected chi connectivity index (χ4v) is 2.09. The van der Waals surface area contributed by atoms with Crippen molar-refractivity contribution in [2.45, 2.75) is 52.7 Å². The third-order valence-electron chi connectivity index (χ3n) is 3.28. The van der Waals surface area contributed by atoms with E-state index in [-0.39, 0.29) is 17.6 Å². The standard InChI is InChI=1S/C11H22N2O/c1-6-7-13-10(14)9(4)12-11(13,5)8(2)3/h8-9,12H,6-7H2,1-5H3. The molecule has 0 spiro atoms. The molecular weight excluding hydrogens is 176 g/mol. The Kier molecular flexibility index (Phi) is 3.20. The van der Waals surface area contributed by atoms with Gasteiger partial charge in [-0.2, -0.15) is 0 Å². The minimum atomic E-state index is -0.160. The van der Waals surface area contributed by atoms with Gasteiger partial charge in [0.25, 0.3) is 0 Å². The van der Waals surface area contributed by atoms with Crippen molar-refractivity contribution in [1.82, 2.24) is 10.2 Å². The fourth-order valence-electron chi connectivity index (χ4n) is 2.09. The Bertz CT molecular complexity index is 227. The number of rotatable bonds is 3. The molecule has 1 rings (SSSR count). The number of hydrogen-bond donors (Lipinski definition) is 1. The quantitative estimate of drug-likeness (QED) is 0.747. The summed E-state index contributed by atoms with van der Waals surface area (Å²) in [5.74, 6) is 0.672. The summed E-state index contributed by atoms with van der Waals surface area (Å²) in [6.07, 6.45) is 1.02. The van der Waals surface area contributed by atoms with Gasteiger partial charge in [0.05, 0.1) is 11.7 Å². The number of amides is 1. The van der Waals surface area contributed by atoms with E-state index >= 15 is 0 Å². The van der Waals surface area contributed by atoms with Crippen molar-refractivity contribution >= 4 is 5.91 Å². The molecule has 1 amide bonds. The number of carbonyl (C=O) groups is 1. The van der Waals surface area contributed by atoms with Crippen LogP contribution in [0.4, 0.5) is 0 Å². The highest BCUT2D eigenvalue weighted by molar-refractivity contribution is 5.84. The number of carbonyl (C=O) groups excluding carboxylic acids is 1. The molecule has 14 heavy (non-hydrogen) atoms. The zero-order valence-electron chi connectivity index (χ0n) is 9.92. The summed E-state index contributed by atoms with van der Waals surface area (Å²) in [7, 11) is 0. The van der Waals surface area contributed by atoms with Crippen LogP contribution in [0.2, 0.25) is 0 Å². The molecule has 0 aliphatic carbocycles. The Balaban J connectivity index is 2.89. The Labute approximate surface area is 86.9 Å². The molecule has 1 heterocycles. The Morgan fingerprint density at radius 3 is 2.57 bits per heavy atom. The molecule has 0 radical (unpaired) electrons. The molecule has 1 aliphatic rings. The second-order valence-electron chi connectivity index (χ2n) is 4.66. The molecule has 2 unspecified atom stereocenters. The predicted molar refractivity (Wildman–Crippen MR) is 57.8 cm³/mol. The second kappa shape index (κ2) is 3.89. The molecule has 3 heteroatoms. The van der Waals surface area contributed by atoms with Crippen molar-refractivity contribution in [3.05, 3.63) is 0 Å². The highest BCUT2D eigenvalue weighted by Gasteiger charge is 2.46. The summed E-state index contributed by atoms with van der Waals surface area (Å²) < 4.78 is 0. The minimum Gasteiger partial charge on any atom is -0.323 e. The first-order valence-electron chi connectivity index (χ1n) is 5.52. The van der Waals surface area contributed by atoms with Crippen LogP contribution in [-0.4, -0.2) is 29.1 Å². The smallest absolute Gasteiger partial charge is 0.240 e. The van der Waals surface area contributed by atoms with E-state index < -0.39 is 0 Å². The van der Waals surface area contributed by atoms with Crippen LogP contribution in [0.15, 0.2) is 0 Å². The highest BCUT2D eigenvalue weighted by atomic mass is 16.2. The number of hydrogen-bond acceptors (Lipinski definition) is 2. The molecule has 1 saturated heterocycles. The second-order valence-corrected chi connectivity index (χ2v) is 4.66. The molecule has 1 N–H and O–H groups in total. The van der Waals surface area contributed by atoms with Gasteiger partial charge in [0, 0.05) is 6.54 Å². The van der Waals surface area contributed by atoms with Gasteiger partial charge in [-0.25, -0.2) is 0 Å². The summed E-state index contributed by atoms with van der Waals surface area (Å²) in [6.45, 7) is 11.3. The first-order chi connectivity index (χ1) is 6.43. The van der Waals surface area contributed by atoms with E-state index in [2.05, 4.69) is 33.0 Å². The van der Waals surface area contributed by atoms with Crippen LogP contribution in [0.25, 0.3) is 0 Å². The van der Waals surface area contributed by atoms with Gasteiger partial charge in [0.2, 0.25) is 5.91 Å². The fraction of sp³-hybridized carbons (Fsp3) is 0.909. The van der Waals surface area contributed by atoms with Gasteiger partial charge in [-0.05, 0) is 26.2 Å². The maximum atomic E-state index is 11.9. The lowest BCUT2D eigenvalue weighted by Gasteiger charge is -2.38. The zero-order valence-corrected chi connectivity index (χ0v) is 9.92. The molecule has 0 saturated carbocycles. The van der Waals surface area contributed by atoms with E-state index in [0.29, 0.717) is 5.92 Å². The van der Waals surface area contributed by atoms with Crippen molar-refractivity contribution < 1.29 is 4.79 Å². The topological polar surface area (TPSA) is 32.3 Å². The van der Waals surface area contributed by atoms with E-state index in [4.69, 9.17) is 0 Å². The lowest BCUT2D eigenvalue weighted by molar-refractivity contribution is -0.132. The highest BCUT2D eigenvalue weighted by Crippen LogP contribution is 2.28. The van der Waals surface area contributed by atoms with E-state index in [0.717, 1.165) is 13.0 Å². The molecular formula is C11H22N2O. The van der Waals surface area contributed by atoms with Gasteiger partial charge in [-0.15, -0.1) is 0 Å². The van der Waals surface area contributed by atoms with Gasteiger partial charge in [-0.1, -0.05) is 20.8 Å². The summed E-state index contributed by atoms with van der Waals surface area (Å²) >= 11 is 0. The molecule has 0 bridgehead atoms. The molecule has 0 aromatic carbocycles. The molecule has 3 nitrogen and oxygen atoms in total. The molecule has 1 fully saturated rings. The van der Waals surface area contributed by atoms with Crippen molar-refractivity contribution in [3.8, 4) is 0 Å². The van der Waals surface area contributed by atoms with Crippen molar-refractivity contribution in [2.24, 2.45) is 5.92 Å². The molecule has 0 aromatic rings. The van der Waals surface area contributed by atoms with E-state index in [1.54, 1.807) is 0 Å². The molecule has 2 atom stereocenters. The minimum absolute atomic E-state index is 0.0334. The third-order valence-corrected chi connectivity index (χ3v) is 3.28. The third kappa shape index (κ3) is 1.65. The van der Waals surface area contributed by atoms with E-state index in [1.165, 1.54) is 0 Å². The van der Waals surface area contributed by atoms with Crippen LogP contribution in [0.1, 0.15) is 41.0 Å². The van der Waals surface area contributed by atoms with Crippen LogP contribution in [-0.2, 0) is 4.79 Å². The Hall–Kier alpha value is -0.570. The predicted octanol–water partition coefficient (Wildman–Crippen LogP) is 1.59. The first-order valence-corrected chi connectivity index (χ1v) is 5.52. The Morgan fingerprint density at radius 1 is 1.57 bits per heavy atom. The van der Waals surface area contributed by atoms with Crippen LogP contribution in [0.5, 0.6) is 0 Å². The van der Waals surface area contributed by atoms with Gasteiger partial charge in [0.15, 0.2) is 0 Å². The summed E-state index contributed by atoms with van der Waals surface area (Å²) in [5, 5.41) is 3.39. The lowest BCUT2D eigenvalue weighted by atomic mass is 9.97. The van der Waals surface area contributed by atoms with E-state index in [9.17, 15) is 4.79 Å². The van der Waals surface area contributed by atoms with Gasteiger partial charge < -0.3 is 4.90 Å². The monoisotopic (exact) mass is 198 g/mol. The van der Waals surface area contributed by atoms with Gasteiger partial charge in [-0.3, -0.25) is 10.1 Å². The maximum Gasteiger partial charge on any atom is 0.240 e. The van der Waals surface area contributed by atoms with Crippen molar-refractivity contribution in [3.63, 3.8) is 0 Å².